The standard InChI is InChI=1S/C18H23N3/c1-4-16-6-5-13(2)9-17(16)18(19)14(3)10-21-12-15-7-8-20-11-15/h5-10H,4,11-12,19H2,1-3H3. The predicted octanol–water partition coefficient (Wildman–Crippen LogP) is 3.33. The Morgan fingerprint density at radius 3 is 2.90 bits per heavy atom. The van der Waals surface area contributed by atoms with Gasteiger partial charge in [0.15, 0.2) is 0 Å². The van der Waals surface area contributed by atoms with Crippen LogP contribution >= 0.6 is 0 Å². The molecular weight excluding hydrogens is 258 g/mol. The van der Waals surface area contributed by atoms with Gasteiger partial charge in [0.05, 0.1) is 13.1 Å². The molecule has 3 heteroatoms. The van der Waals surface area contributed by atoms with E-state index in [-0.39, 0.29) is 0 Å². The van der Waals surface area contributed by atoms with Gasteiger partial charge >= 0.3 is 0 Å². The van der Waals surface area contributed by atoms with Crippen LogP contribution in [0, 0.1) is 6.92 Å². The van der Waals surface area contributed by atoms with Crippen LogP contribution in [-0.2, 0) is 6.42 Å². The van der Waals surface area contributed by atoms with E-state index < -0.39 is 0 Å². The van der Waals surface area contributed by atoms with E-state index in [0.717, 1.165) is 29.8 Å². The van der Waals surface area contributed by atoms with Crippen molar-refractivity contribution in [3.05, 3.63) is 52.1 Å². The molecule has 0 unspecified atom stereocenters. The lowest BCUT2D eigenvalue weighted by Crippen LogP contribution is -2.05. The van der Waals surface area contributed by atoms with Crippen LogP contribution in [-0.4, -0.2) is 25.5 Å². The largest absolute Gasteiger partial charge is 0.398 e. The number of allylic oxidation sites excluding steroid dienone is 2. The van der Waals surface area contributed by atoms with Gasteiger partial charge in [-0.3, -0.25) is 9.98 Å². The van der Waals surface area contributed by atoms with E-state index in [1.54, 1.807) is 0 Å². The van der Waals surface area contributed by atoms with E-state index >= 15 is 0 Å². The first-order chi connectivity index (χ1) is 10.1. The van der Waals surface area contributed by atoms with E-state index in [4.69, 9.17) is 5.73 Å². The Balaban J connectivity index is 2.17. The fraction of sp³-hybridized carbons (Fsp3) is 0.333. The van der Waals surface area contributed by atoms with Gasteiger partial charge in [-0.15, -0.1) is 0 Å². The summed E-state index contributed by atoms with van der Waals surface area (Å²) >= 11 is 0. The van der Waals surface area contributed by atoms with Crippen molar-refractivity contribution in [3.8, 4) is 0 Å². The van der Waals surface area contributed by atoms with Gasteiger partial charge in [-0.25, -0.2) is 0 Å². The van der Waals surface area contributed by atoms with E-state index in [1.165, 1.54) is 16.7 Å². The van der Waals surface area contributed by atoms with Crippen LogP contribution in [0.4, 0.5) is 0 Å². The Morgan fingerprint density at radius 1 is 1.43 bits per heavy atom. The first-order valence-electron chi connectivity index (χ1n) is 7.35. The number of rotatable bonds is 5. The third-order valence-electron chi connectivity index (χ3n) is 3.65. The van der Waals surface area contributed by atoms with Gasteiger partial charge in [-0.2, -0.15) is 0 Å². The molecular formula is C18H23N3. The van der Waals surface area contributed by atoms with Crippen molar-refractivity contribution in [3.63, 3.8) is 0 Å². The van der Waals surface area contributed by atoms with Crippen molar-refractivity contribution in [2.24, 2.45) is 15.7 Å². The zero-order chi connectivity index (χ0) is 15.2. The molecule has 1 aliphatic rings. The predicted molar refractivity (Wildman–Crippen MR) is 92.1 cm³/mol. The summed E-state index contributed by atoms with van der Waals surface area (Å²) in [5.74, 6) is 0. The molecule has 0 saturated heterocycles. The van der Waals surface area contributed by atoms with Gasteiger partial charge in [-0.05, 0) is 49.1 Å². The number of aryl methyl sites for hydroxylation is 2. The topological polar surface area (TPSA) is 50.7 Å². The van der Waals surface area contributed by atoms with Crippen LogP contribution in [0.2, 0.25) is 0 Å². The third-order valence-corrected chi connectivity index (χ3v) is 3.65. The highest BCUT2D eigenvalue weighted by Crippen LogP contribution is 2.20. The summed E-state index contributed by atoms with van der Waals surface area (Å²) in [6.07, 6.45) is 6.71. The molecule has 0 spiro atoms. The highest BCUT2D eigenvalue weighted by atomic mass is 14.8. The summed E-state index contributed by atoms with van der Waals surface area (Å²) in [6.45, 7) is 7.72. The SMILES string of the molecule is CCc1ccc(C)cc1C(N)=C(C)C=NCC1=CC=NC1. The van der Waals surface area contributed by atoms with Crippen molar-refractivity contribution >= 4 is 18.1 Å². The zero-order valence-corrected chi connectivity index (χ0v) is 13.1. The van der Waals surface area contributed by atoms with Crippen molar-refractivity contribution in [1.82, 2.24) is 0 Å². The highest BCUT2D eigenvalue weighted by molar-refractivity contribution is 5.90. The van der Waals surface area contributed by atoms with E-state index in [1.807, 2.05) is 25.4 Å². The van der Waals surface area contributed by atoms with Crippen molar-refractivity contribution in [2.45, 2.75) is 27.2 Å². The molecule has 110 valence electrons. The second-order valence-electron chi connectivity index (χ2n) is 5.40. The Morgan fingerprint density at radius 2 is 2.24 bits per heavy atom. The summed E-state index contributed by atoms with van der Waals surface area (Å²) in [5.41, 5.74) is 13.0. The average Bonchev–Trinajstić information content (AvgIpc) is 2.99. The van der Waals surface area contributed by atoms with Crippen LogP contribution in [0.1, 0.15) is 30.5 Å². The van der Waals surface area contributed by atoms with Gasteiger partial charge in [-0.1, -0.05) is 24.6 Å². The Hall–Kier alpha value is -2.16. The third kappa shape index (κ3) is 3.91. The lowest BCUT2D eigenvalue weighted by molar-refractivity contribution is 1.07. The summed E-state index contributed by atoms with van der Waals surface area (Å²) < 4.78 is 0. The van der Waals surface area contributed by atoms with Crippen molar-refractivity contribution in [2.75, 3.05) is 13.1 Å². The fourth-order valence-corrected chi connectivity index (χ4v) is 2.31. The molecule has 0 amide bonds. The molecule has 0 atom stereocenters. The first kappa shape index (κ1) is 15.2. The number of hydrogen-bond acceptors (Lipinski definition) is 3. The minimum Gasteiger partial charge on any atom is -0.398 e. The molecule has 2 N–H and O–H groups in total. The number of hydrogen-bond donors (Lipinski definition) is 1. The molecule has 0 aliphatic carbocycles. The quantitative estimate of drug-likeness (QED) is 0.827. The second kappa shape index (κ2) is 7.02. The molecule has 0 radical (unpaired) electrons. The first-order valence-corrected chi connectivity index (χ1v) is 7.35. The number of nitrogens with two attached hydrogens (primary N) is 1. The van der Waals surface area contributed by atoms with Crippen LogP contribution in [0.5, 0.6) is 0 Å². The van der Waals surface area contributed by atoms with Crippen LogP contribution < -0.4 is 5.73 Å². The summed E-state index contributed by atoms with van der Waals surface area (Å²) in [7, 11) is 0. The summed E-state index contributed by atoms with van der Waals surface area (Å²) in [4.78, 5) is 8.62. The van der Waals surface area contributed by atoms with Crippen molar-refractivity contribution < 1.29 is 0 Å². The second-order valence-corrected chi connectivity index (χ2v) is 5.40. The fourth-order valence-electron chi connectivity index (χ4n) is 2.31. The molecule has 0 saturated carbocycles. The zero-order valence-electron chi connectivity index (χ0n) is 13.1. The monoisotopic (exact) mass is 281 g/mol. The van der Waals surface area contributed by atoms with Gasteiger partial charge in [0.25, 0.3) is 0 Å². The lowest BCUT2D eigenvalue weighted by atomic mass is 9.98. The minimum absolute atomic E-state index is 0.694. The van der Waals surface area contributed by atoms with Gasteiger partial charge in [0.2, 0.25) is 0 Å². The minimum atomic E-state index is 0.694. The smallest absolute Gasteiger partial charge is 0.0621 e. The molecule has 0 aromatic heterocycles. The molecule has 1 heterocycles. The Bertz CT molecular complexity index is 634. The molecule has 0 fully saturated rings. The molecule has 21 heavy (non-hydrogen) atoms. The number of benzene rings is 1. The number of aliphatic imine (C=N–C) groups is 2. The van der Waals surface area contributed by atoms with Gasteiger partial charge in [0, 0.05) is 23.7 Å². The van der Waals surface area contributed by atoms with E-state index in [9.17, 15) is 0 Å². The van der Waals surface area contributed by atoms with Crippen LogP contribution in [0.15, 0.2) is 45.4 Å². The Kier molecular flexibility index (Phi) is 5.09. The molecule has 1 aromatic carbocycles. The van der Waals surface area contributed by atoms with Gasteiger partial charge < -0.3 is 5.73 Å². The summed E-state index contributed by atoms with van der Waals surface area (Å²) in [5, 5.41) is 0. The maximum Gasteiger partial charge on any atom is 0.0621 e. The normalized spacial score (nSPS) is 15.5. The molecule has 1 aliphatic heterocycles. The molecule has 1 aromatic rings. The molecule has 2 rings (SSSR count). The highest BCUT2D eigenvalue weighted by Gasteiger charge is 2.06. The Labute approximate surface area is 127 Å². The maximum atomic E-state index is 6.33. The van der Waals surface area contributed by atoms with E-state index in [2.05, 4.69) is 42.0 Å². The van der Waals surface area contributed by atoms with Crippen LogP contribution in [0.25, 0.3) is 5.70 Å². The van der Waals surface area contributed by atoms with Gasteiger partial charge in [0.1, 0.15) is 0 Å². The lowest BCUT2D eigenvalue weighted by Gasteiger charge is -2.11. The molecule has 3 nitrogen and oxygen atoms in total. The van der Waals surface area contributed by atoms with E-state index in [0.29, 0.717) is 6.54 Å². The molecule has 0 bridgehead atoms. The van der Waals surface area contributed by atoms with Crippen LogP contribution in [0.3, 0.4) is 0 Å². The average molecular weight is 281 g/mol. The number of nitrogens with zero attached hydrogens (tertiary/aromatic N) is 2. The maximum absolute atomic E-state index is 6.33. The summed E-state index contributed by atoms with van der Waals surface area (Å²) in [6, 6.07) is 6.44. The van der Waals surface area contributed by atoms with Crippen molar-refractivity contribution in [1.29, 1.82) is 0 Å².